The van der Waals surface area contributed by atoms with Gasteiger partial charge < -0.3 is 15.2 Å². The molecule has 158 valence electrons. The maximum Gasteiger partial charge on any atom is 0.352 e. The van der Waals surface area contributed by atoms with Gasteiger partial charge in [-0.05, 0) is 85.5 Å². The first-order chi connectivity index (χ1) is 14.8. The van der Waals surface area contributed by atoms with Gasteiger partial charge in [0.2, 0.25) is 0 Å². The summed E-state index contributed by atoms with van der Waals surface area (Å²) in [6, 6.07) is 19.1. The lowest BCUT2D eigenvalue weighted by Gasteiger charge is -2.12. The van der Waals surface area contributed by atoms with Gasteiger partial charge in [0.25, 0.3) is 5.91 Å². The van der Waals surface area contributed by atoms with Crippen molar-refractivity contribution in [2.45, 2.75) is 6.61 Å². The Morgan fingerprint density at radius 3 is 2.19 bits per heavy atom. The molecule has 3 aromatic rings. The molecule has 0 radical (unpaired) electrons. The van der Waals surface area contributed by atoms with Crippen LogP contribution in [0, 0.1) is 0 Å². The highest BCUT2D eigenvalue weighted by molar-refractivity contribution is 9.11. The molecule has 0 saturated heterocycles. The zero-order valence-corrected chi connectivity index (χ0v) is 19.9. The highest BCUT2D eigenvalue weighted by atomic mass is 79.9. The summed E-state index contributed by atoms with van der Waals surface area (Å²) in [5.74, 6) is -1.19. The van der Waals surface area contributed by atoms with Crippen LogP contribution in [0.2, 0.25) is 5.02 Å². The third-order valence-electron chi connectivity index (χ3n) is 4.14. The Morgan fingerprint density at radius 2 is 1.61 bits per heavy atom. The van der Waals surface area contributed by atoms with E-state index in [0.29, 0.717) is 37.5 Å². The zero-order valence-electron chi connectivity index (χ0n) is 15.9. The standard InChI is InChI=1S/C23H16Br2ClNO4/c24-18-10-15(11-19(25)21(18)31-13-14-6-8-17(26)9-7-14)12-20(23(29)30)27-22(28)16-4-2-1-3-5-16/h1-12H,13H2,(H,27,28)(H,29,30). The number of benzene rings is 3. The van der Waals surface area contributed by atoms with Crippen LogP contribution in [0.5, 0.6) is 5.75 Å². The first-order valence-electron chi connectivity index (χ1n) is 9.01. The summed E-state index contributed by atoms with van der Waals surface area (Å²) in [6.45, 7) is 0.330. The number of ether oxygens (including phenoxy) is 1. The maximum atomic E-state index is 12.3. The van der Waals surface area contributed by atoms with Gasteiger partial charge in [-0.2, -0.15) is 0 Å². The minimum Gasteiger partial charge on any atom is -0.487 e. The molecule has 0 unspecified atom stereocenters. The monoisotopic (exact) mass is 563 g/mol. The second-order valence-corrected chi connectivity index (χ2v) is 8.56. The predicted molar refractivity (Wildman–Crippen MR) is 127 cm³/mol. The highest BCUT2D eigenvalue weighted by Gasteiger charge is 2.15. The Kier molecular flexibility index (Phi) is 7.90. The Hall–Kier alpha value is -2.61. The van der Waals surface area contributed by atoms with Crippen molar-refractivity contribution in [3.8, 4) is 5.75 Å². The van der Waals surface area contributed by atoms with Gasteiger partial charge in [-0.15, -0.1) is 0 Å². The predicted octanol–water partition coefficient (Wildman–Crippen LogP) is 6.30. The quantitative estimate of drug-likeness (QED) is 0.330. The fourth-order valence-electron chi connectivity index (χ4n) is 2.64. The number of hydrogen-bond acceptors (Lipinski definition) is 3. The van der Waals surface area contributed by atoms with Crippen molar-refractivity contribution in [1.29, 1.82) is 0 Å². The van der Waals surface area contributed by atoms with Crippen molar-refractivity contribution in [1.82, 2.24) is 5.32 Å². The Labute approximate surface area is 200 Å². The third kappa shape index (κ3) is 6.43. The van der Waals surface area contributed by atoms with E-state index in [1.165, 1.54) is 6.08 Å². The molecule has 2 N–H and O–H groups in total. The molecule has 0 bridgehead atoms. The van der Waals surface area contributed by atoms with Crippen molar-refractivity contribution in [2.24, 2.45) is 0 Å². The van der Waals surface area contributed by atoms with E-state index in [-0.39, 0.29) is 5.70 Å². The molecule has 0 heterocycles. The maximum absolute atomic E-state index is 12.3. The Morgan fingerprint density at radius 1 is 1.00 bits per heavy atom. The lowest BCUT2D eigenvalue weighted by Crippen LogP contribution is -2.27. The molecule has 0 saturated carbocycles. The number of aliphatic carboxylic acids is 1. The summed E-state index contributed by atoms with van der Waals surface area (Å²) >= 11 is 12.8. The number of rotatable bonds is 7. The number of carboxylic acids is 1. The van der Waals surface area contributed by atoms with Crippen LogP contribution in [-0.4, -0.2) is 17.0 Å². The largest absolute Gasteiger partial charge is 0.487 e. The fraction of sp³-hybridized carbons (Fsp3) is 0.0435. The van der Waals surface area contributed by atoms with E-state index >= 15 is 0 Å². The molecule has 0 aliphatic rings. The second-order valence-electron chi connectivity index (χ2n) is 6.41. The van der Waals surface area contributed by atoms with E-state index < -0.39 is 11.9 Å². The van der Waals surface area contributed by atoms with Crippen LogP contribution in [0.25, 0.3) is 6.08 Å². The van der Waals surface area contributed by atoms with Gasteiger partial charge in [-0.25, -0.2) is 4.79 Å². The number of amides is 1. The smallest absolute Gasteiger partial charge is 0.352 e. The van der Waals surface area contributed by atoms with Crippen LogP contribution >= 0.6 is 43.5 Å². The van der Waals surface area contributed by atoms with E-state index in [2.05, 4.69) is 37.2 Å². The van der Waals surface area contributed by atoms with Gasteiger partial charge in [-0.1, -0.05) is 41.9 Å². The lowest BCUT2D eigenvalue weighted by molar-refractivity contribution is -0.132. The SMILES string of the molecule is O=C(O)C(=Cc1cc(Br)c(OCc2ccc(Cl)cc2)c(Br)c1)NC(=O)c1ccccc1. The lowest BCUT2D eigenvalue weighted by atomic mass is 10.1. The topological polar surface area (TPSA) is 75.6 Å². The van der Waals surface area contributed by atoms with Gasteiger partial charge in [0.1, 0.15) is 18.1 Å². The number of hydrogen-bond donors (Lipinski definition) is 2. The zero-order chi connectivity index (χ0) is 22.4. The van der Waals surface area contributed by atoms with Crippen LogP contribution in [0.3, 0.4) is 0 Å². The molecular formula is C23H16Br2ClNO4. The molecule has 3 rings (SSSR count). The summed E-state index contributed by atoms with van der Waals surface area (Å²) in [6.07, 6.45) is 1.38. The van der Waals surface area contributed by atoms with Crippen molar-refractivity contribution in [2.75, 3.05) is 0 Å². The summed E-state index contributed by atoms with van der Waals surface area (Å²) in [4.78, 5) is 24.0. The van der Waals surface area contributed by atoms with Crippen LogP contribution < -0.4 is 10.1 Å². The molecule has 0 aromatic heterocycles. The molecule has 3 aromatic carbocycles. The normalized spacial score (nSPS) is 11.1. The van der Waals surface area contributed by atoms with Crippen molar-refractivity contribution >= 4 is 61.4 Å². The third-order valence-corrected chi connectivity index (χ3v) is 5.57. The van der Waals surface area contributed by atoms with E-state index in [1.807, 2.05) is 12.1 Å². The van der Waals surface area contributed by atoms with Gasteiger partial charge in [0.15, 0.2) is 0 Å². The molecule has 0 aliphatic carbocycles. The summed E-state index contributed by atoms with van der Waals surface area (Å²) < 4.78 is 7.13. The molecule has 5 nitrogen and oxygen atoms in total. The number of carboxylic acid groups (broad SMARTS) is 1. The van der Waals surface area contributed by atoms with Gasteiger partial charge in [0, 0.05) is 10.6 Å². The van der Waals surface area contributed by atoms with Crippen molar-refractivity contribution in [3.63, 3.8) is 0 Å². The van der Waals surface area contributed by atoms with Crippen LogP contribution in [-0.2, 0) is 11.4 Å². The van der Waals surface area contributed by atoms with E-state index in [1.54, 1.807) is 54.6 Å². The van der Waals surface area contributed by atoms with Crippen LogP contribution in [0.4, 0.5) is 0 Å². The number of carbonyl (C=O) groups excluding carboxylic acids is 1. The van der Waals surface area contributed by atoms with E-state index in [0.717, 1.165) is 5.56 Å². The van der Waals surface area contributed by atoms with Gasteiger partial charge in [0.05, 0.1) is 8.95 Å². The molecule has 1 amide bonds. The highest BCUT2D eigenvalue weighted by Crippen LogP contribution is 2.36. The average molecular weight is 566 g/mol. The number of carbonyl (C=O) groups is 2. The summed E-state index contributed by atoms with van der Waals surface area (Å²) in [7, 11) is 0. The Bertz CT molecular complexity index is 1110. The fourth-order valence-corrected chi connectivity index (χ4v) is 4.22. The Balaban J connectivity index is 1.79. The number of nitrogens with one attached hydrogen (secondary N) is 1. The summed E-state index contributed by atoms with van der Waals surface area (Å²) in [5, 5.41) is 12.6. The average Bonchev–Trinajstić information content (AvgIpc) is 2.74. The van der Waals surface area contributed by atoms with E-state index in [4.69, 9.17) is 16.3 Å². The van der Waals surface area contributed by atoms with Gasteiger partial charge in [-0.3, -0.25) is 4.79 Å². The summed E-state index contributed by atoms with van der Waals surface area (Å²) in [5.41, 5.74) is 1.62. The molecule has 0 fully saturated rings. The van der Waals surface area contributed by atoms with Gasteiger partial charge >= 0.3 is 5.97 Å². The first-order valence-corrected chi connectivity index (χ1v) is 11.0. The minimum atomic E-state index is -1.25. The molecule has 31 heavy (non-hydrogen) atoms. The van der Waals surface area contributed by atoms with Crippen LogP contribution in [0.1, 0.15) is 21.5 Å². The molecule has 0 aliphatic heterocycles. The minimum absolute atomic E-state index is 0.248. The molecule has 8 heteroatoms. The number of halogens is 3. The van der Waals surface area contributed by atoms with Crippen molar-refractivity contribution < 1.29 is 19.4 Å². The molecular weight excluding hydrogens is 550 g/mol. The second kappa shape index (κ2) is 10.6. The van der Waals surface area contributed by atoms with Crippen molar-refractivity contribution in [3.05, 3.63) is 103 Å². The first kappa shape index (κ1) is 23.1. The molecule has 0 spiro atoms. The molecule has 0 atom stereocenters. The van der Waals surface area contributed by atoms with Crippen LogP contribution in [0.15, 0.2) is 81.4 Å². The van der Waals surface area contributed by atoms with E-state index in [9.17, 15) is 14.7 Å².